The van der Waals surface area contributed by atoms with Crippen molar-refractivity contribution < 1.29 is 19.1 Å². The van der Waals surface area contributed by atoms with Crippen molar-refractivity contribution in [3.8, 4) is 11.5 Å². The summed E-state index contributed by atoms with van der Waals surface area (Å²) in [5, 5.41) is 3.18. The molecule has 0 aromatic heterocycles. The van der Waals surface area contributed by atoms with Crippen LogP contribution in [0.4, 0.5) is 0 Å². The highest BCUT2D eigenvalue weighted by molar-refractivity contribution is 6.32. The Bertz CT molecular complexity index is 795. The molecule has 0 aliphatic rings. The van der Waals surface area contributed by atoms with Crippen molar-refractivity contribution in [3.05, 3.63) is 59.1 Å². The van der Waals surface area contributed by atoms with E-state index in [0.717, 1.165) is 11.3 Å². The Morgan fingerprint density at radius 1 is 1.14 bits per heavy atom. The molecule has 0 spiro atoms. The van der Waals surface area contributed by atoms with Gasteiger partial charge < -0.3 is 19.7 Å². The van der Waals surface area contributed by atoms with Gasteiger partial charge in [0, 0.05) is 13.1 Å². The highest BCUT2D eigenvalue weighted by Gasteiger charge is 2.26. The number of likely N-dealkylation sites (N-methyl/N-ethyl adjacent to an activating group) is 1. The summed E-state index contributed by atoms with van der Waals surface area (Å²) in [7, 11) is 1.59. The number of hydrogen-bond acceptors (Lipinski definition) is 4. The van der Waals surface area contributed by atoms with Crippen LogP contribution in [-0.4, -0.2) is 43.0 Å². The molecule has 28 heavy (non-hydrogen) atoms. The minimum absolute atomic E-state index is 0.219. The van der Waals surface area contributed by atoms with Gasteiger partial charge in [-0.2, -0.15) is 0 Å². The third-order valence-electron chi connectivity index (χ3n) is 4.22. The predicted octanol–water partition coefficient (Wildman–Crippen LogP) is 3.28. The van der Waals surface area contributed by atoms with Gasteiger partial charge in [0.05, 0.1) is 12.1 Å². The third kappa shape index (κ3) is 5.89. The molecule has 0 bridgehead atoms. The number of amides is 2. The average Bonchev–Trinajstić information content (AvgIpc) is 2.71. The number of halogens is 1. The molecule has 0 aliphatic heterocycles. The van der Waals surface area contributed by atoms with Crippen LogP contribution in [0, 0.1) is 0 Å². The zero-order valence-corrected chi connectivity index (χ0v) is 17.0. The van der Waals surface area contributed by atoms with Crippen LogP contribution in [0.5, 0.6) is 11.5 Å². The van der Waals surface area contributed by atoms with Gasteiger partial charge in [0.1, 0.15) is 17.5 Å². The first kappa shape index (κ1) is 21.6. The van der Waals surface area contributed by atoms with Crippen molar-refractivity contribution in [1.82, 2.24) is 10.2 Å². The van der Waals surface area contributed by atoms with Gasteiger partial charge in [-0.1, -0.05) is 35.9 Å². The molecule has 1 atom stereocenters. The lowest BCUT2D eigenvalue weighted by Crippen LogP contribution is -2.49. The van der Waals surface area contributed by atoms with E-state index in [2.05, 4.69) is 5.32 Å². The van der Waals surface area contributed by atoms with E-state index in [1.54, 1.807) is 38.3 Å². The summed E-state index contributed by atoms with van der Waals surface area (Å²) >= 11 is 6.07. The largest absolute Gasteiger partial charge is 0.497 e. The molecule has 2 aromatic rings. The van der Waals surface area contributed by atoms with E-state index in [1.165, 1.54) is 4.90 Å². The fourth-order valence-corrected chi connectivity index (χ4v) is 2.81. The van der Waals surface area contributed by atoms with E-state index in [-0.39, 0.29) is 25.0 Å². The summed E-state index contributed by atoms with van der Waals surface area (Å²) in [6, 6.07) is 13.6. The van der Waals surface area contributed by atoms with Crippen molar-refractivity contribution in [3.63, 3.8) is 0 Å². The van der Waals surface area contributed by atoms with Gasteiger partial charge in [0.2, 0.25) is 5.91 Å². The first-order valence-corrected chi connectivity index (χ1v) is 9.41. The van der Waals surface area contributed by atoms with Crippen molar-refractivity contribution in [1.29, 1.82) is 0 Å². The lowest BCUT2D eigenvalue weighted by molar-refractivity contribution is -0.142. The molecule has 2 aromatic carbocycles. The average molecular weight is 405 g/mol. The van der Waals surface area contributed by atoms with Crippen LogP contribution in [0.2, 0.25) is 5.02 Å². The lowest BCUT2D eigenvalue weighted by atomic mass is 10.1. The fraction of sp³-hybridized carbons (Fsp3) is 0.333. The summed E-state index contributed by atoms with van der Waals surface area (Å²) in [4.78, 5) is 26.7. The van der Waals surface area contributed by atoms with Crippen molar-refractivity contribution >= 4 is 23.4 Å². The normalized spacial score (nSPS) is 11.4. The van der Waals surface area contributed by atoms with Crippen LogP contribution in [0.25, 0.3) is 0 Å². The molecule has 0 unspecified atom stereocenters. The molecule has 150 valence electrons. The Kier molecular flexibility index (Phi) is 8.14. The van der Waals surface area contributed by atoms with Crippen LogP contribution in [-0.2, 0) is 16.1 Å². The molecule has 2 rings (SSSR count). The van der Waals surface area contributed by atoms with Gasteiger partial charge >= 0.3 is 0 Å². The minimum atomic E-state index is -0.649. The Balaban J connectivity index is 2.14. The second-order valence-electron chi connectivity index (χ2n) is 6.16. The molecular formula is C21H25ClN2O4. The fourth-order valence-electron chi connectivity index (χ4n) is 2.62. The van der Waals surface area contributed by atoms with Crippen molar-refractivity contribution in [2.75, 3.05) is 20.3 Å². The highest BCUT2D eigenvalue weighted by atomic mass is 35.5. The minimum Gasteiger partial charge on any atom is -0.497 e. The standard InChI is InChI=1S/C21H25ClN2O4/c1-4-23-21(26)15(2)24(13-16-9-11-17(27-3)12-10-16)20(25)14-28-19-8-6-5-7-18(19)22/h5-12,15H,4,13-14H2,1-3H3,(H,23,26)/t15-/m1/s1. The molecule has 0 heterocycles. The van der Waals surface area contributed by atoms with Gasteiger partial charge in [-0.3, -0.25) is 9.59 Å². The van der Waals surface area contributed by atoms with Crippen molar-refractivity contribution in [2.45, 2.75) is 26.4 Å². The van der Waals surface area contributed by atoms with Crippen LogP contribution in [0.3, 0.4) is 0 Å². The molecule has 0 aliphatic carbocycles. The summed E-state index contributed by atoms with van der Waals surface area (Å²) in [6.45, 7) is 4.07. The molecule has 7 heteroatoms. The molecule has 0 fully saturated rings. The predicted molar refractivity (Wildman–Crippen MR) is 109 cm³/mol. The molecule has 2 amide bonds. The molecule has 0 radical (unpaired) electrons. The Labute approximate surface area is 170 Å². The summed E-state index contributed by atoms with van der Waals surface area (Å²) in [6.07, 6.45) is 0. The van der Waals surface area contributed by atoms with Crippen molar-refractivity contribution in [2.24, 2.45) is 0 Å². The second-order valence-corrected chi connectivity index (χ2v) is 6.57. The number of nitrogens with zero attached hydrogens (tertiary/aromatic N) is 1. The first-order chi connectivity index (χ1) is 13.5. The quantitative estimate of drug-likeness (QED) is 0.696. The number of rotatable bonds is 9. The number of carbonyl (C=O) groups is 2. The van der Waals surface area contributed by atoms with Crippen LogP contribution in [0.1, 0.15) is 19.4 Å². The molecule has 0 saturated heterocycles. The van der Waals surface area contributed by atoms with E-state index >= 15 is 0 Å². The van der Waals surface area contributed by atoms with Gasteiger partial charge in [0.25, 0.3) is 5.91 Å². The number of carbonyl (C=O) groups excluding carboxylic acids is 2. The monoisotopic (exact) mass is 404 g/mol. The van der Waals surface area contributed by atoms with E-state index in [9.17, 15) is 9.59 Å². The third-order valence-corrected chi connectivity index (χ3v) is 4.53. The zero-order valence-electron chi connectivity index (χ0n) is 16.3. The van der Waals surface area contributed by atoms with Gasteiger partial charge in [-0.25, -0.2) is 0 Å². The molecule has 0 saturated carbocycles. The lowest BCUT2D eigenvalue weighted by Gasteiger charge is -2.28. The number of nitrogens with one attached hydrogen (secondary N) is 1. The second kappa shape index (κ2) is 10.6. The smallest absolute Gasteiger partial charge is 0.261 e. The highest BCUT2D eigenvalue weighted by Crippen LogP contribution is 2.23. The molecule has 1 N–H and O–H groups in total. The Morgan fingerprint density at radius 3 is 2.43 bits per heavy atom. The number of methoxy groups -OCH3 is 1. The topological polar surface area (TPSA) is 67.9 Å². The van der Waals surface area contributed by atoms with Gasteiger partial charge in [0.15, 0.2) is 6.61 Å². The Morgan fingerprint density at radius 2 is 1.82 bits per heavy atom. The summed E-state index contributed by atoms with van der Waals surface area (Å²) in [5.74, 6) is 0.615. The maximum Gasteiger partial charge on any atom is 0.261 e. The van der Waals surface area contributed by atoms with Crippen LogP contribution in [0.15, 0.2) is 48.5 Å². The van der Waals surface area contributed by atoms with E-state index in [0.29, 0.717) is 17.3 Å². The number of hydrogen-bond donors (Lipinski definition) is 1. The van der Waals surface area contributed by atoms with Gasteiger partial charge in [-0.05, 0) is 43.7 Å². The number of para-hydroxylation sites is 1. The Hall–Kier alpha value is -2.73. The number of benzene rings is 2. The summed E-state index contributed by atoms with van der Waals surface area (Å²) < 4.78 is 10.7. The maximum absolute atomic E-state index is 12.9. The van der Waals surface area contributed by atoms with Gasteiger partial charge in [-0.15, -0.1) is 0 Å². The molecule has 6 nitrogen and oxygen atoms in total. The molecular weight excluding hydrogens is 380 g/mol. The van der Waals surface area contributed by atoms with Crippen LogP contribution < -0.4 is 14.8 Å². The van der Waals surface area contributed by atoms with E-state index < -0.39 is 6.04 Å². The van der Waals surface area contributed by atoms with Crippen LogP contribution >= 0.6 is 11.6 Å². The SMILES string of the molecule is CCNC(=O)[C@@H](C)N(Cc1ccc(OC)cc1)C(=O)COc1ccccc1Cl. The van der Waals surface area contributed by atoms with E-state index in [1.807, 2.05) is 31.2 Å². The zero-order chi connectivity index (χ0) is 20.5. The first-order valence-electron chi connectivity index (χ1n) is 9.03. The number of ether oxygens (including phenoxy) is 2. The van der Waals surface area contributed by atoms with E-state index in [4.69, 9.17) is 21.1 Å². The maximum atomic E-state index is 12.9. The summed E-state index contributed by atoms with van der Waals surface area (Å²) in [5.41, 5.74) is 0.878.